The van der Waals surface area contributed by atoms with Gasteiger partial charge in [0.2, 0.25) is 0 Å². The van der Waals surface area contributed by atoms with Crippen LogP contribution in [0.1, 0.15) is 27.2 Å². The second-order valence-electron chi connectivity index (χ2n) is 5.73. The van der Waals surface area contributed by atoms with E-state index in [2.05, 4.69) is 0 Å². The number of amides is 1. The third kappa shape index (κ3) is 4.15. The van der Waals surface area contributed by atoms with Gasteiger partial charge in [0.05, 0.1) is 6.04 Å². The molecule has 1 saturated heterocycles. The van der Waals surface area contributed by atoms with Crippen molar-refractivity contribution in [1.82, 2.24) is 9.80 Å². The van der Waals surface area contributed by atoms with Crippen molar-refractivity contribution < 1.29 is 13.9 Å². The Morgan fingerprint density at radius 1 is 1.47 bits per heavy atom. The van der Waals surface area contributed by atoms with E-state index in [1.165, 1.54) is 4.90 Å². The number of carbonyl (C=O) groups is 1. The quantitative estimate of drug-likeness (QED) is 0.708. The molecule has 1 amide bonds. The van der Waals surface area contributed by atoms with Crippen LogP contribution in [0.2, 0.25) is 0 Å². The minimum Gasteiger partial charge on any atom is -0.444 e. The molecule has 0 aromatic rings. The van der Waals surface area contributed by atoms with Crippen LogP contribution in [0.3, 0.4) is 0 Å². The summed E-state index contributed by atoms with van der Waals surface area (Å²) in [5, 5.41) is 0. The number of halogens is 1. The highest BCUT2D eigenvalue weighted by molar-refractivity contribution is 5.68. The number of piperidine rings is 1. The highest BCUT2D eigenvalue weighted by atomic mass is 19.1. The van der Waals surface area contributed by atoms with E-state index in [0.29, 0.717) is 13.0 Å². The maximum atomic E-state index is 13.9. The van der Waals surface area contributed by atoms with Gasteiger partial charge in [-0.25, -0.2) is 9.18 Å². The number of hydrogen-bond acceptors (Lipinski definition) is 3. The summed E-state index contributed by atoms with van der Waals surface area (Å²) >= 11 is 0. The van der Waals surface area contributed by atoms with Gasteiger partial charge in [0.1, 0.15) is 11.8 Å². The summed E-state index contributed by atoms with van der Waals surface area (Å²) in [6.07, 6.45) is -0.811. The number of likely N-dealkylation sites (tertiary alicyclic amines) is 1. The van der Waals surface area contributed by atoms with Crippen LogP contribution in [-0.2, 0) is 4.74 Å². The van der Waals surface area contributed by atoms with Gasteiger partial charge < -0.3 is 14.5 Å². The molecule has 1 aliphatic heterocycles. The van der Waals surface area contributed by atoms with E-state index < -0.39 is 17.9 Å². The molecule has 0 spiro atoms. The first-order valence-corrected chi connectivity index (χ1v) is 5.99. The van der Waals surface area contributed by atoms with Crippen LogP contribution in [0.25, 0.3) is 0 Å². The molecule has 0 aliphatic carbocycles. The normalized spacial score (nSPS) is 26.7. The summed E-state index contributed by atoms with van der Waals surface area (Å²) in [5.74, 6) is 0. The van der Waals surface area contributed by atoms with Gasteiger partial charge in [-0.1, -0.05) is 0 Å². The Kier molecular flexibility index (Phi) is 4.36. The third-order valence-electron chi connectivity index (χ3n) is 2.89. The first-order chi connectivity index (χ1) is 7.70. The second kappa shape index (κ2) is 5.21. The fourth-order valence-corrected chi connectivity index (χ4v) is 1.95. The summed E-state index contributed by atoms with van der Waals surface area (Å²) in [4.78, 5) is 15.1. The van der Waals surface area contributed by atoms with Crippen molar-refractivity contribution in [3.05, 3.63) is 0 Å². The topological polar surface area (TPSA) is 32.8 Å². The smallest absolute Gasteiger partial charge is 0.410 e. The SMILES string of the molecule is CN1CC[C@H](N(C)C(=O)OC(C)(C)C)[C@H](F)C1. The molecule has 0 aromatic carbocycles. The Labute approximate surface area is 103 Å². The molecule has 1 aliphatic rings. The minimum atomic E-state index is -1.01. The van der Waals surface area contributed by atoms with Crippen molar-refractivity contribution in [2.75, 3.05) is 27.2 Å². The number of carbonyl (C=O) groups excluding carboxylic acids is 1. The van der Waals surface area contributed by atoms with Crippen LogP contribution in [0.15, 0.2) is 0 Å². The van der Waals surface area contributed by atoms with Crippen LogP contribution < -0.4 is 0 Å². The van der Waals surface area contributed by atoms with Gasteiger partial charge in [-0.2, -0.15) is 0 Å². The zero-order valence-corrected chi connectivity index (χ0v) is 11.4. The maximum absolute atomic E-state index is 13.9. The van der Waals surface area contributed by atoms with E-state index in [1.807, 2.05) is 11.9 Å². The number of nitrogens with zero attached hydrogens (tertiary/aromatic N) is 2. The molecule has 2 atom stereocenters. The summed E-state index contributed by atoms with van der Waals surface area (Å²) in [5.41, 5.74) is -0.539. The molecule has 0 radical (unpaired) electrons. The van der Waals surface area contributed by atoms with Crippen LogP contribution in [0.5, 0.6) is 0 Å². The Hall–Kier alpha value is -0.840. The van der Waals surface area contributed by atoms with Crippen molar-refractivity contribution in [3.63, 3.8) is 0 Å². The molecular formula is C12H23FN2O2. The molecule has 100 valence electrons. The van der Waals surface area contributed by atoms with Gasteiger partial charge in [0, 0.05) is 20.1 Å². The number of rotatable bonds is 1. The molecule has 4 nitrogen and oxygen atoms in total. The standard InChI is InChI=1S/C12H23FN2O2/c1-12(2,3)17-11(16)15(5)10-6-7-14(4)8-9(10)13/h9-10H,6-8H2,1-5H3/t9-,10+/m1/s1. The molecule has 0 unspecified atom stereocenters. The average molecular weight is 246 g/mol. The van der Waals surface area contributed by atoms with E-state index in [1.54, 1.807) is 27.8 Å². The maximum Gasteiger partial charge on any atom is 0.410 e. The first-order valence-electron chi connectivity index (χ1n) is 5.99. The fraction of sp³-hybridized carbons (Fsp3) is 0.917. The van der Waals surface area contributed by atoms with Gasteiger partial charge in [-0.15, -0.1) is 0 Å². The van der Waals surface area contributed by atoms with Gasteiger partial charge in [0.25, 0.3) is 0 Å². The zero-order valence-electron chi connectivity index (χ0n) is 11.4. The van der Waals surface area contributed by atoms with Crippen LogP contribution in [0.4, 0.5) is 9.18 Å². The molecule has 1 fully saturated rings. The molecule has 0 aromatic heterocycles. The number of hydrogen-bond donors (Lipinski definition) is 0. The van der Waals surface area contributed by atoms with Crippen molar-refractivity contribution in [1.29, 1.82) is 0 Å². The lowest BCUT2D eigenvalue weighted by atomic mass is 10.0. The summed E-state index contributed by atoms with van der Waals surface area (Å²) in [6, 6.07) is -0.374. The summed E-state index contributed by atoms with van der Waals surface area (Å²) in [7, 11) is 3.49. The summed E-state index contributed by atoms with van der Waals surface area (Å²) in [6.45, 7) is 6.59. The first kappa shape index (κ1) is 14.2. The highest BCUT2D eigenvalue weighted by Gasteiger charge is 2.34. The van der Waals surface area contributed by atoms with Crippen molar-refractivity contribution in [2.24, 2.45) is 0 Å². The van der Waals surface area contributed by atoms with Crippen LogP contribution in [0, 0.1) is 0 Å². The number of alkyl halides is 1. The minimum absolute atomic E-state index is 0.373. The molecule has 5 heteroatoms. The van der Waals surface area contributed by atoms with Gasteiger partial charge in [-0.05, 0) is 34.2 Å². The Bertz CT molecular complexity index is 278. The largest absolute Gasteiger partial charge is 0.444 e. The molecule has 0 bridgehead atoms. The molecule has 1 rings (SSSR count). The lowest BCUT2D eigenvalue weighted by Crippen LogP contribution is -2.52. The van der Waals surface area contributed by atoms with Crippen LogP contribution in [-0.4, -0.2) is 60.9 Å². The highest BCUT2D eigenvalue weighted by Crippen LogP contribution is 2.20. The lowest BCUT2D eigenvalue weighted by Gasteiger charge is -2.38. The zero-order chi connectivity index (χ0) is 13.2. The van der Waals surface area contributed by atoms with E-state index in [4.69, 9.17) is 4.74 Å². The predicted octanol–water partition coefficient (Wildman–Crippen LogP) is 1.90. The van der Waals surface area contributed by atoms with Crippen molar-refractivity contribution >= 4 is 6.09 Å². The molecule has 17 heavy (non-hydrogen) atoms. The summed E-state index contributed by atoms with van der Waals surface area (Å²) < 4.78 is 19.1. The van der Waals surface area contributed by atoms with Gasteiger partial charge in [0.15, 0.2) is 0 Å². The molecule has 1 heterocycles. The molecule has 0 saturated carbocycles. The van der Waals surface area contributed by atoms with Gasteiger partial charge in [-0.3, -0.25) is 0 Å². The monoisotopic (exact) mass is 246 g/mol. The Morgan fingerprint density at radius 2 is 2.06 bits per heavy atom. The molecular weight excluding hydrogens is 223 g/mol. The van der Waals surface area contributed by atoms with E-state index in [0.717, 1.165) is 6.54 Å². The van der Waals surface area contributed by atoms with Gasteiger partial charge >= 0.3 is 6.09 Å². The Balaban J connectivity index is 2.57. The average Bonchev–Trinajstić information content (AvgIpc) is 2.14. The van der Waals surface area contributed by atoms with Crippen molar-refractivity contribution in [2.45, 2.75) is 45.0 Å². The van der Waals surface area contributed by atoms with Crippen molar-refractivity contribution in [3.8, 4) is 0 Å². The third-order valence-corrected chi connectivity index (χ3v) is 2.89. The van der Waals surface area contributed by atoms with E-state index in [-0.39, 0.29) is 6.04 Å². The van der Waals surface area contributed by atoms with E-state index in [9.17, 15) is 9.18 Å². The Morgan fingerprint density at radius 3 is 2.53 bits per heavy atom. The number of ether oxygens (including phenoxy) is 1. The van der Waals surface area contributed by atoms with Crippen LogP contribution >= 0.6 is 0 Å². The fourth-order valence-electron chi connectivity index (χ4n) is 1.95. The predicted molar refractivity (Wildman–Crippen MR) is 64.8 cm³/mol. The second-order valence-corrected chi connectivity index (χ2v) is 5.73. The molecule has 0 N–H and O–H groups in total. The van der Waals surface area contributed by atoms with E-state index >= 15 is 0 Å². The lowest BCUT2D eigenvalue weighted by molar-refractivity contribution is 0.000465.